The lowest BCUT2D eigenvalue weighted by Gasteiger charge is -2.37. The zero-order chi connectivity index (χ0) is 21.0. The summed E-state index contributed by atoms with van der Waals surface area (Å²) in [5, 5.41) is 12.9. The molecule has 160 valence electrons. The molecule has 0 saturated carbocycles. The first-order valence-corrected chi connectivity index (χ1v) is 11.0. The Hall–Kier alpha value is -1.99. The molecule has 2 heterocycles. The third-order valence-corrected chi connectivity index (χ3v) is 6.55. The number of rotatable bonds is 8. The quantitative estimate of drug-likeness (QED) is 0.675. The molecule has 7 heteroatoms. The third kappa shape index (κ3) is 4.78. The second kappa shape index (κ2) is 9.22. The van der Waals surface area contributed by atoms with Gasteiger partial charge in [-0.3, -0.25) is 0 Å². The Balaban J connectivity index is 1.71. The minimum absolute atomic E-state index is 0.0671. The summed E-state index contributed by atoms with van der Waals surface area (Å²) in [6.45, 7) is 16.8. The van der Waals surface area contributed by atoms with Crippen molar-refractivity contribution in [2.75, 3.05) is 33.3 Å². The molecule has 0 amide bonds. The van der Waals surface area contributed by atoms with Crippen molar-refractivity contribution in [3.63, 3.8) is 0 Å². The van der Waals surface area contributed by atoms with Crippen molar-refractivity contribution in [3.8, 4) is 5.75 Å². The number of quaternary nitrogens is 2. The third-order valence-electron chi connectivity index (χ3n) is 6.55. The molecule has 1 aliphatic heterocycles. The second-order valence-corrected chi connectivity index (χ2v) is 9.23. The van der Waals surface area contributed by atoms with Crippen LogP contribution in [0.1, 0.15) is 58.5 Å². The van der Waals surface area contributed by atoms with Crippen molar-refractivity contribution in [3.05, 3.63) is 35.7 Å². The molecule has 1 saturated heterocycles. The van der Waals surface area contributed by atoms with Gasteiger partial charge in [0.25, 0.3) is 0 Å². The molecule has 0 bridgehead atoms. The Morgan fingerprint density at radius 3 is 2.45 bits per heavy atom. The molecule has 3 rings (SSSR count). The number of nitrogens with zero attached hydrogens (tertiary/aromatic N) is 4. The maximum Gasteiger partial charge on any atom is 0.210 e. The van der Waals surface area contributed by atoms with E-state index in [0.29, 0.717) is 12.0 Å². The van der Waals surface area contributed by atoms with E-state index in [1.54, 1.807) is 16.9 Å². The summed E-state index contributed by atoms with van der Waals surface area (Å²) in [4.78, 5) is 3.22. The van der Waals surface area contributed by atoms with Crippen LogP contribution in [0.15, 0.2) is 24.3 Å². The van der Waals surface area contributed by atoms with Crippen LogP contribution in [-0.2, 0) is 12.1 Å². The van der Waals surface area contributed by atoms with E-state index in [1.807, 2.05) is 6.07 Å². The Morgan fingerprint density at radius 1 is 1.14 bits per heavy atom. The van der Waals surface area contributed by atoms with Crippen molar-refractivity contribution in [2.45, 2.75) is 59.2 Å². The molecule has 0 unspecified atom stereocenters. The lowest BCUT2D eigenvalue weighted by atomic mass is 9.97. The van der Waals surface area contributed by atoms with Crippen molar-refractivity contribution in [1.82, 2.24) is 20.2 Å². The Bertz CT molecular complexity index is 779. The van der Waals surface area contributed by atoms with Crippen LogP contribution in [0.5, 0.6) is 5.75 Å². The van der Waals surface area contributed by atoms with Crippen molar-refractivity contribution >= 4 is 0 Å². The molecule has 7 nitrogen and oxygen atoms in total. The van der Waals surface area contributed by atoms with Gasteiger partial charge < -0.3 is 14.5 Å². The minimum Gasteiger partial charge on any atom is -0.496 e. The monoisotopic (exact) mass is 402 g/mol. The van der Waals surface area contributed by atoms with Crippen molar-refractivity contribution < 1.29 is 14.5 Å². The summed E-state index contributed by atoms with van der Waals surface area (Å²) in [6.07, 6.45) is 1.00. The fraction of sp³-hybridized carbons (Fsp3) is 0.682. The van der Waals surface area contributed by atoms with Crippen LogP contribution in [0, 0.1) is 5.92 Å². The predicted molar refractivity (Wildman–Crippen MR) is 113 cm³/mol. The maximum absolute atomic E-state index is 5.54. The van der Waals surface area contributed by atoms with Crippen LogP contribution >= 0.6 is 0 Å². The van der Waals surface area contributed by atoms with Gasteiger partial charge in [-0.25, -0.2) is 4.68 Å². The molecule has 0 radical (unpaired) electrons. The summed E-state index contributed by atoms with van der Waals surface area (Å²) in [5.41, 5.74) is 1.23. The second-order valence-electron chi connectivity index (χ2n) is 9.23. The highest BCUT2D eigenvalue weighted by atomic mass is 16.5. The van der Waals surface area contributed by atoms with Crippen LogP contribution < -0.4 is 14.5 Å². The number of ether oxygens (including phenoxy) is 1. The molecular weight excluding hydrogens is 364 g/mol. The molecule has 1 aromatic heterocycles. The summed E-state index contributed by atoms with van der Waals surface area (Å²) in [7, 11) is 1.76. The Labute approximate surface area is 175 Å². The molecule has 1 aromatic carbocycles. The van der Waals surface area contributed by atoms with E-state index in [1.165, 1.54) is 5.56 Å². The van der Waals surface area contributed by atoms with Gasteiger partial charge in [-0.1, -0.05) is 32.9 Å². The molecule has 29 heavy (non-hydrogen) atoms. The minimum atomic E-state index is -0.0671. The molecule has 2 N–H and O–H groups in total. The SMILES string of the molecule is CCC(C)(C)n1nnnc1[C@@H](C(C)C)[NH+]1CC[NH+](Cc2ccccc2OC)CC1. The van der Waals surface area contributed by atoms with Crippen LogP contribution in [-0.4, -0.2) is 53.5 Å². The van der Waals surface area contributed by atoms with Crippen LogP contribution in [0.25, 0.3) is 0 Å². The van der Waals surface area contributed by atoms with Gasteiger partial charge in [-0.2, -0.15) is 0 Å². The standard InChI is InChI=1S/C22H36N6O/c1-7-22(4,5)28-21(23-24-25-28)20(17(2)3)27-14-12-26(13-15-27)16-18-10-8-9-11-19(18)29-6/h8-11,17,20H,7,12-16H2,1-6H3/p+2/t20-/m1/s1. The fourth-order valence-corrected chi connectivity index (χ4v) is 4.45. The highest BCUT2D eigenvalue weighted by Crippen LogP contribution is 2.24. The number of nitrogens with one attached hydrogen (secondary N) is 2. The number of hydrogen-bond donors (Lipinski definition) is 2. The van der Waals surface area contributed by atoms with Crippen LogP contribution in [0.4, 0.5) is 0 Å². The first-order chi connectivity index (χ1) is 13.9. The van der Waals surface area contributed by atoms with Crippen LogP contribution in [0.3, 0.4) is 0 Å². The van der Waals surface area contributed by atoms with E-state index in [0.717, 1.165) is 50.7 Å². The highest BCUT2D eigenvalue weighted by molar-refractivity contribution is 5.32. The first kappa shape index (κ1) is 21.7. The first-order valence-electron chi connectivity index (χ1n) is 11.0. The number of aromatic nitrogens is 4. The number of benzene rings is 1. The smallest absolute Gasteiger partial charge is 0.210 e. The van der Waals surface area contributed by atoms with Gasteiger partial charge in [0.15, 0.2) is 6.04 Å². The lowest BCUT2D eigenvalue weighted by Crippen LogP contribution is -3.27. The number of para-hydroxylation sites is 1. The van der Waals surface area contributed by atoms with Crippen LogP contribution in [0.2, 0.25) is 0 Å². The molecule has 2 aromatic rings. The topological polar surface area (TPSA) is 61.7 Å². The predicted octanol–water partition coefficient (Wildman–Crippen LogP) is 0.508. The average Bonchev–Trinajstić information content (AvgIpc) is 3.20. The van der Waals surface area contributed by atoms with Gasteiger partial charge in [0.05, 0.1) is 12.6 Å². The van der Waals surface area contributed by atoms with E-state index in [2.05, 4.69) is 73.0 Å². The van der Waals surface area contributed by atoms with Gasteiger partial charge >= 0.3 is 0 Å². The summed E-state index contributed by atoms with van der Waals surface area (Å²) < 4.78 is 7.61. The Morgan fingerprint density at radius 2 is 1.83 bits per heavy atom. The Kier molecular flexibility index (Phi) is 6.90. The van der Waals surface area contributed by atoms with Gasteiger partial charge in [0, 0.05) is 11.5 Å². The summed E-state index contributed by atoms with van der Waals surface area (Å²) in [5.74, 6) is 2.52. The van der Waals surface area contributed by atoms with Gasteiger partial charge in [-0.15, -0.1) is 5.10 Å². The molecule has 0 spiro atoms. The van der Waals surface area contributed by atoms with Crippen molar-refractivity contribution in [2.24, 2.45) is 5.92 Å². The molecule has 1 aliphatic rings. The lowest BCUT2D eigenvalue weighted by molar-refractivity contribution is -1.03. The summed E-state index contributed by atoms with van der Waals surface area (Å²) >= 11 is 0. The van der Waals surface area contributed by atoms with E-state index in [4.69, 9.17) is 4.74 Å². The fourth-order valence-electron chi connectivity index (χ4n) is 4.45. The van der Waals surface area contributed by atoms with E-state index >= 15 is 0 Å². The zero-order valence-electron chi connectivity index (χ0n) is 18.9. The molecule has 0 aliphatic carbocycles. The highest BCUT2D eigenvalue weighted by Gasteiger charge is 2.38. The number of methoxy groups -OCH3 is 1. The van der Waals surface area contributed by atoms with E-state index in [9.17, 15) is 0 Å². The largest absolute Gasteiger partial charge is 0.496 e. The normalized spacial score (nSPS) is 21.3. The summed E-state index contributed by atoms with van der Waals surface area (Å²) in [6, 6.07) is 8.70. The van der Waals surface area contributed by atoms with Gasteiger partial charge in [-0.05, 0) is 42.8 Å². The zero-order valence-corrected chi connectivity index (χ0v) is 18.9. The van der Waals surface area contributed by atoms with Crippen molar-refractivity contribution in [1.29, 1.82) is 0 Å². The number of hydrogen-bond acceptors (Lipinski definition) is 4. The molecule has 1 atom stereocenters. The van der Waals surface area contributed by atoms with E-state index in [-0.39, 0.29) is 5.54 Å². The number of piperazine rings is 1. The van der Waals surface area contributed by atoms with E-state index < -0.39 is 0 Å². The van der Waals surface area contributed by atoms with Gasteiger partial charge in [0.2, 0.25) is 5.82 Å². The number of tetrazole rings is 1. The maximum atomic E-state index is 5.54. The molecule has 1 fully saturated rings. The van der Waals surface area contributed by atoms with Gasteiger partial charge in [0.1, 0.15) is 38.5 Å². The molecular formula is C22H38N6O+2. The average molecular weight is 403 g/mol.